The second-order valence-corrected chi connectivity index (χ2v) is 8.58. The van der Waals surface area contributed by atoms with Gasteiger partial charge in [-0.05, 0) is 49.4 Å². The highest BCUT2D eigenvalue weighted by Gasteiger charge is 2.27. The third-order valence-electron chi connectivity index (χ3n) is 4.85. The predicted octanol–water partition coefficient (Wildman–Crippen LogP) is 3.21. The van der Waals surface area contributed by atoms with Crippen LogP contribution >= 0.6 is 22.9 Å². The lowest BCUT2D eigenvalue weighted by Crippen LogP contribution is -2.39. The van der Waals surface area contributed by atoms with E-state index in [-0.39, 0.29) is 27.7 Å². The summed E-state index contributed by atoms with van der Waals surface area (Å²) in [5.74, 6) is -0.305. The SMILES string of the molecule is CCCNC(=O)CC1CCN(C(=O)c2nnc(C(=O)Nc3ccc(Cl)cc3)s2)CC1. The van der Waals surface area contributed by atoms with Gasteiger partial charge in [-0.3, -0.25) is 14.4 Å². The topological polar surface area (TPSA) is 104 Å². The summed E-state index contributed by atoms with van der Waals surface area (Å²) in [6.45, 7) is 3.85. The van der Waals surface area contributed by atoms with Crippen molar-refractivity contribution in [2.75, 3.05) is 25.0 Å². The molecule has 3 amide bonds. The van der Waals surface area contributed by atoms with Crippen molar-refractivity contribution in [3.8, 4) is 0 Å². The number of benzene rings is 1. The van der Waals surface area contributed by atoms with Crippen LogP contribution in [0, 0.1) is 5.92 Å². The number of piperidine rings is 1. The standard InChI is InChI=1S/C20H24ClN5O3S/c1-2-9-22-16(27)12-13-7-10-26(11-8-13)20(29)19-25-24-18(30-19)17(28)23-15-5-3-14(21)4-6-15/h3-6,13H,2,7-12H2,1H3,(H,22,27)(H,23,28). The van der Waals surface area contributed by atoms with Crippen LogP contribution in [-0.2, 0) is 4.79 Å². The number of anilines is 1. The molecular weight excluding hydrogens is 426 g/mol. The zero-order chi connectivity index (χ0) is 21.5. The van der Waals surface area contributed by atoms with E-state index in [4.69, 9.17) is 11.6 Å². The molecular formula is C20H24ClN5O3S. The Morgan fingerprint density at radius 3 is 2.47 bits per heavy atom. The maximum Gasteiger partial charge on any atom is 0.286 e. The highest BCUT2D eigenvalue weighted by Crippen LogP contribution is 2.23. The van der Waals surface area contributed by atoms with Gasteiger partial charge in [-0.25, -0.2) is 0 Å². The number of rotatable bonds is 7. The van der Waals surface area contributed by atoms with Crippen LogP contribution in [0.3, 0.4) is 0 Å². The number of likely N-dealkylation sites (tertiary alicyclic amines) is 1. The molecule has 0 saturated carbocycles. The van der Waals surface area contributed by atoms with Gasteiger partial charge in [0, 0.05) is 36.8 Å². The van der Waals surface area contributed by atoms with Gasteiger partial charge < -0.3 is 15.5 Å². The monoisotopic (exact) mass is 449 g/mol. The van der Waals surface area contributed by atoms with E-state index in [2.05, 4.69) is 20.8 Å². The van der Waals surface area contributed by atoms with Crippen molar-refractivity contribution >= 4 is 46.3 Å². The summed E-state index contributed by atoms with van der Waals surface area (Å²) in [5.41, 5.74) is 0.581. The summed E-state index contributed by atoms with van der Waals surface area (Å²) in [7, 11) is 0. The summed E-state index contributed by atoms with van der Waals surface area (Å²) in [6, 6.07) is 6.70. The Balaban J connectivity index is 1.51. The second-order valence-electron chi connectivity index (χ2n) is 7.16. The second kappa shape index (κ2) is 10.5. The fourth-order valence-electron chi connectivity index (χ4n) is 3.19. The molecule has 0 unspecified atom stereocenters. The fraction of sp³-hybridized carbons (Fsp3) is 0.450. The molecule has 30 heavy (non-hydrogen) atoms. The number of halogens is 1. The third-order valence-corrected chi connectivity index (χ3v) is 6.01. The van der Waals surface area contributed by atoms with E-state index in [1.807, 2.05) is 6.92 Å². The van der Waals surface area contributed by atoms with Crippen molar-refractivity contribution < 1.29 is 14.4 Å². The van der Waals surface area contributed by atoms with Crippen LogP contribution in [-0.4, -0.2) is 52.5 Å². The first-order valence-corrected chi connectivity index (χ1v) is 11.1. The molecule has 0 atom stereocenters. The Bertz CT molecular complexity index is 894. The zero-order valence-corrected chi connectivity index (χ0v) is 18.3. The number of amides is 3. The summed E-state index contributed by atoms with van der Waals surface area (Å²) in [6.07, 6.45) is 2.96. The van der Waals surface area contributed by atoms with Gasteiger partial charge in [0.2, 0.25) is 15.9 Å². The average Bonchev–Trinajstić information content (AvgIpc) is 3.24. The molecule has 160 valence electrons. The van der Waals surface area contributed by atoms with Gasteiger partial charge in [0.05, 0.1) is 0 Å². The lowest BCUT2D eigenvalue weighted by atomic mass is 9.93. The molecule has 1 fully saturated rings. The first-order valence-electron chi connectivity index (χ1n) is 9.92. The number of aromatic nitrogens is 2. The van der Waals surface area contributed by atoms with Crippen molar-refractivity contribution in [2.24, 2.45) is 5.92 Å². The van der Waals surface area contributed by atoms with Crippen molar-refractivity contribution in [1.82, 2.24) is 20.4 Å². The lowest BCUT2D eigenvalue weighted by molar-refractivity contribution is -0.122. The first kappa shape index (κ1) is 22.2. The molecule has 0 aliphatic carbocycles. The van der Waals surface area contributed by atoms with Crippen molar-refractivity contribution in [1.29, 1.82) is 0 Å². The van der Waals surface area contributed by atoms with Crippen molar-refractivity contribution in [2.45, 2.75) is 32.6 Å². The normalized spacial score (nSPS) is 14.4. The Morgan fingerprint density at radius 2 is 1.80 bits per heavy atom. The molecule has 3 rings (SSSR count). The Labute approximate surface area is 184 Å². The Hall–Kier alpha value is -2.52. The largest absolute Gasteiger partial charge is 0.356 e. The maximum absolute atomic E-state index is 12.7. The molecule has 2 aromatic rings. The highest BCUT2D eigenvalue weighted by atomic mass is 35.5. The molecule has 1 aromatic heterocycles. The van der Waals surface area contributed by atoms with E-state index in [0.29, 0.717) is 36.8 Å². The number of carbonyl (C=O) groups excluding carboxylic acids is 3. The zero-order valence-electron chi connectivity index (χ0n) is 16.7. The molecule has 1 saturated heterocycles. The summed E-state index contributed by atoms with van der Waals surface area (Å²) >= 11 is 6.81. The van der Waals surface area contributed by atoms with Crippen LogP contribution in [0.25, 0.3) is 0 Å². The minimum atomic E-state index is -0.425. The quantitative estimate of drug-likeness (QED) is 0.675. The molecule has 0 spiro atoms. The summed E-state index contributed by atoms with van der Waals surface area (Å²) in [5, 5.41) is 14.2. The van der Waals surface area contributed by atoms with Crippen LogP contribution in [0.1, 0.15) is 52.2 Å². The van der Waals surface area contributed by atoms with Crippen LogP contribution in [0.4, 0.5) is 5.69 Å². The highest BCUT2D eigenvalue weighted by molar-refractivity contribution is 7.15. The van der Waals surface area contributed by atoms with Gasteiger partial charge in [0.25, 0.3) is 11.8 Å². The van der Waals surface area contributed by atoms with Gasteiger partial charge in [0.15, 0.2) is 0 Å². The molecule has 1 aliphatic rings. The number of carbonyl (C=O) groups is 3. The fourth-order valence-corrected chi connectivity index (χ4v) is 4.03. The van der Waals surface area contributed by atoms with Gasteiger partial charge in [-0.2, -0.15) is 0 Å². The van der Waals surface area contributed by atoms with Crippen LogP contribution in [0.2, 0.25) is 5.02 Å². The van der Waals surface area contributed by atoms with Gasteiger partial charge in [-0.1, -0.05) is 29.9 Å². The van der Waals surface area contributed by atoms with E-state index >= 15 is 0 Å². The van der Waals surface area contributed by atoms with E-state index in [0.717, 1.165) is 30.6 Å². The van der Waals surface area contributed by atoms with Crippen LogP contribution < -0.4 is 10.6 Å². The number of hydrogen-bond acceptors (Lipinski definition) is 6. The van der Waals surface area contributed by atoms with E-state index in [9.17, 15) is 14.4 Å². The lowest BCUT2D eigenvalue weighted by Gasteiger charge is -2.31. The van der Waals surface area contributed by atoms with Crippen LogP contribution in [0.5, 0.6) is 0 Å². The van der Waals surface area contributed by atoms with Gasteiger partial charge >= 0.3 is 0 Å². The molecule has 0 bridgehead atoms. The van der Waals surface area contributed by atoms with E-state index < -0.39 is 5.91 Å². The Kier molecular flexibility index (Phi) is 7.75. The number of nitrogens with one attached hydrogen (secondary N) is 2. The molecule has 2 N–H and O–H groups in total. The van der Waals surface area contributed by atoms with Gasteiger partial charge in [-0.15, -0.1) is 10.2 Å². The van der Waals surface area contributed by atoms with Crippen molar-refractivity contribution in [3.05, 3.63) is 39.3 Å². The smallest absolute Gasteiger partial charge is 0.286 e. The van der Waals surface area contributed by atoms with E-state index in [1.54, 1.807) is 29.2 Å². The molecule has 0 radical (unpaired) electrons. The van der Waals surface area contributed by atoms with E-state index in [1.165, 1.54) is 0 Å². The minimum absolute atomic E-state index is 0.0714. The number of hydrogen-bond donors (Lipinski definition) is 2. The molecule has 10 heteroatoms. The molecule has 1 aliphatic heterocycles. The average molecular weight is 450 g/mol. The molecule has 8 nitrogen and oxygen atoms in total. The van der Waals surface area contributed by atoms with Crippen LogP contribution in [0.15, 0.2) is 24.3 Å². The molecule has 2 heterocycles. The summed E-state index contributed by atoms with van der Waals surface area (Å²) < 4.78 is 0. The predicted molar refractivity (Wildman–Crippen MR) is 116 cm³/mol. The number of nitrogens with zero attached hydrogens (tertiary/aromatic N) is 3. The molecule has 1 aromatic carbocycles. The summed E-state index contributed by atoms with van der Waals surface area (Å²) in [4.78, 5) is 38.6. The maximum atomic E-state index is 12.7. The Morgan fingerprint density at radius 1 is 1.13 bits per heavy atom. The third kappa shape index (κ3) is 5.99. The minimum Gasteiger partial charge on any atom is -0.356 e. The van der Waals surface area contributed by atoms with Crippen molar-refractivity contribution in [3.63, 3.8) is 0 Å². The van der Waals surface area contributed by atoms with Gasteiger partial charge in [0.1, 0.15) is 0 Å². The first-order chi connectivity index (χ1) is 14.5.